The van der Waals surface area contributed by atoms with Crippen LogP contribution >= 0.6 is 23.4 Å². The van der Waals surface area contributed by atoms with Crippen molar-refractivity contribution in [1.29, 1.82) is 0 Å². The molecule has 0 radical (unpaired) electrons. The molecule has 0 aromatic heterocycles. The van der Waals surface area contributed by atoms with Gasteiger partial charge in [0.2, 0.25) is 0 Å². The zero-order valence-electron chi connectivity index (χ0n) is 17.7. The van der Waals surface area contributed by atoms with Crippen molar-refractivity contribution in [1.82, 2.24) is 4.90 Å². The Labute approximate surface area is 190 Å². The number of thioether (sulfide) groups is 1. The van der Waals surface area contributed by atoms with E-state index < -0.39 is 17.0 Å². The van der Waals surface area contributed by atoms with E-state index in [1.54, 1.807) is 30.3 Å². The largest absolute Gasteiger partial charge is 0.365 e. The van der Waals surface area contributed by atoms with Crippen LogP contribution in [-0.4, -0.2) is 28.6 Å². The second kappa shape index (κ2) is 7.84. The summed E-state index contributed by atoms with van der Waals surface area (Å²) in [6.07, 6.45) is 3.59. The first kappa shape index (κ1) is 21.7. The second-order valence-corrected chi connectivity index (χ2v) is 9.69. The molecule has 4 nitrogen and oxygen atoms in total. The number of benzene rings is 2. The second-order valence-electron chi connectivity index (χ2n) is 8.29. The third-order valence-corrected chi connectivity index (χ3v) is 7.06. The molecule has 0 spiro atoms. The van der Waals surface area contributed by atoms with Crippen molar-refractivity contribution in [2.24, 2.45) is 0 Å². The Bertz CT molecular complexity index is 1170. The summed E-state index contributed by atoms with van der Waals surface area (Å²) in [4.78, 5) is 28.7. The molecular formula is C24H22ClFN2O2S. The Hall–Kier alpha value is -2.57. The lowest BCUT2D eigenvalue weighted by molar-refractivity contribution is -0.123. The quantitative estimate of drug-likeness (QED) is 0.505. The molecule has 1 saturated heterocycles. The van der Waals surface area contributed by atoms with Crippen molar-refractivity contribution in [3.05, 3.63) is 74.9 Å². The molecule has 31 heavy (non-hydrogen) atoms. The van der Waals surface area contributed by atoms with Crippen LogP contribution < -0.4 is 4.90 Å². The van der Waals surface area contributed by atoms with Crippen molar-refractivity contribution in [2.45, 2.75) is 32.9 Å². The van der Waals surface area contributed by atoms with E-state index in [1.807, 2.05) is 18.9 Å². The number of halogens is 2. The SMILES string of the molecule is CC1=CC(C)(C)N(C)c2cc(F)c(/C=C3/SC(=O)N(Cc4ccccc4Cl)C3=O)cc21. The van der Waals surface area contributed by atoms with Gasteiger partial charge in [0.15, 0.2) is 0 Å². The maximum atomic E-state index is 15.0. The van der Waals surface area contributed by atoms with Gasteiger partial charge in [-0.25, -0.2) is 4.39 Å². The first-order chi connectivity index (χ1) is 14.6. The number of hydrogen-bond donors (Lipinski definition) is 0. The number of likely N-dealkylation sites (N-methyl/N-ethyl adjacent to an activating group) is 1. The van der Waals surface area contributed by atoms with Crippen LogP contribution in [0.1, 0.15) is 37.5 Å². The van der Waals surface area contributed by atoms with Gasteiger partial charge in [-0.2, -0.15) is 0 Å². The molecule has 2 aromatic carbocycles. The maximum absolute atomic E-state index is 15.0. The number of amides is 2. The Balaban J connectivity index is 1.67. The highest BCUT2D eigenvalue weighted by Crippen LogP contribution is 2.40. The minimum atomic E-state index is -0.447. The van der Waals surface area contributed by atoms with Gasteiger partial charge in [0.1, 0.15) is 5.82 Å². The molecule has 0 N–H and O–H groups in total. The molecule has 2 aromatic rings. The van der Waals surface area contributed by atoms with Gasteiger partial charge in [-0.3, -0.25) is 14.5 Å². The van der Waals surface area contributed by atoms with Gasteiger partial charge in [0.05, 0.1) is 17.0 Å². The molecule has 0 bridgehead atoms. The van der Waals surface area contributed by atoms with Crippen molar-refractivity contribution in [3.63, 3.8) is 0 Å². The molecule has 2 amide bonds. The summed E-state index contributed by atoms with van der Waals surface area (Å²) in [5.41, 5.74) is 3.48. The minimum Gasteiger partial charge on any atom is -0.365 e. The molecule has 0 saturated carbocycles. The highest BCUT2D eigenvalue weighted by atomic mass is 35.5. The molecule has 160 valence electrons. The van der Waals surface area contributed by atoms with Crippen LogP contribution in [0.3, 0.4) is 0 Å². The summed E-state index contributed by atoms with van der Waals surface area (Å²) in [7, 11) is 1.93. The van der Waals surface area contributed by atoms with E-state index in [2.05, 4.69) is 19.9 Å². The molecule has 4 rings (SSSR count). The topological polar surface area (TPSA) is 40.6 Å². The van der Waals surface area contributed by atoms with Crippen LogP contribution in [0.15, 0.2) is 47.4 Å². The monoisotopic (exact) mass is 456 g/mol. The smallest absolute Gasteiger partial charge is 0.293 e. The lowest BCUT2D eigenvalue weighted by Crippen LogP contribution is -2.42. The average molecular weight is 457 g/mol. The van der Waals surface area contributed by atoms with E-state index in [4.69, 9.17) is 11.6 Å². The third kappa shape index (κ3) is 3.90. The molecule has 7 heteroatoms. The van der Waals surface area contributed by atoms with Gasteiger partial charge in [0, 0.05) is 28.9 Å². The molecule has 0 atom stereocenters. The summed E-state index contributed by atoms with van der Waals surface area (Å²) in [5, 5.41) is 0.0904. The van der Waals surface area contributed by atoms with Gasteiger partial charge in [-0.05, 0) is 67.9 Å². The number of carbonyl (C=O) groups is 2. The molecule has 2 heterocycles. The van der Waals surface area contributed by atoms with Crippen LogP contribution in [0.4, 0.5) is 14.9 Å². The van der Waals surface area contributed by atoms with E-state index in [1.165, 1.54) is 12.1 Å². The number of fused-ring (bicyclic) bond motifs is 1. The van der Waals surface area contributed by atoms with E-state index in [9.17, 15) is 14.0 Å². The summed E-state index contributed by atoms with van der Waals surface area (Å²) < 4.78 is 15.0. The average Bonchev–Trinajstić information content (AvgIpc) is 2.96. The predicted molar refractivity (Wildman–Crippen MR) is 125 cm³/mol. The zero-order chi connectivity index (χ0) is 22.5. The van der Waals surface area contributed by atoms with E-state index >= 15 is 0 Å². The van der Waals surface area contributed by atoms with Gasteiger partial charge in [-0.15, -0.1) is 0 Å². The fourth-order valence-electron chi connectivity index (χ4n) is 3.87. The molecule has 2 aliphatic heterocycles. The number of allylic oxidation sites excluding steroid dienone is 1. The summed E-state index contributed by atoms with van der Waals surface area (Å²) in [5.74, 6) is -0.883. The van der Waals surface area contributed by atoms with Gasteiger partial charge >= 0.3 is 0 Å². The predicted octanol–water partition coefficient (Wildman–Crippen LogP) is 6.35. The van der Waals surface area contributed by atoms with Gasteiger partial charge in [-0.1, -0.05) is 35.9 Å². The highest BCUT2D eigenvalue weighted by molar-refractivity contribution is 8.18. The number of anilines is 1. The molecule has 2 aliphatic rings. The first-order valence-electron chi connectivity index (χ1n) is 9.84. The maximum Gasteiger partial charge on any atom is 0.293 e. The van der Waals surface area contributed by atoms with Crippen LogP contribution in [0.25, 0.3) is 11.6 Å². The first-order valence-corrected chi connectivity index (χ1v) is 11.0. The van der Waals surface area contributed by atoms with Crippen molar-refractivity contribution in [2.75, 3.05) is 11.9 Å². The van der Waals surface area contributed by atoms with E-state index in [0.717, 1.165) is 33.5 Å². The zero-order valence-corrected chi connectivity index (χ0v) is 19.3. The number of rotatable bonds is 3. The van der Waals surface area contributed by atoms with Gasteiger partial charge in [0.25, 0.3) is 11.1 Å². The molecular weight excluding hydrogens is 435 g/mol. The highest BCUT2D eigenvalue weighted by Gasteiger charge is 2.36. The Morgan fingerprint density at radius 2 is 1.90 bits per heavy atom. The summed E-state index contributed by atoms with van der Waals surface area (Å²) in [6, 6.07) is 10.3. The van der Waals surface area contributed by atoms with Crippen LogP contribution in [0, 0.1) is 5.82 Å². The minimum absolute atomic E-state index is 0.0794. The third-order valence-electron chi connectivity index (χ3n) is 5.78. The van der Waals surface area contributed by atoms with Crippen LogP contribution in [0.5, 0.6) is 0 Å². The summed E-state index contributed by atoms with van der Waals surface area (Å²) >= 11 is 6.98. The lowest BCUT2D eigenvalue weighted by Gasteiger charge is -2.40. The fourth-order valence-corrected chi connectivity index (χ4v) is 4.90. The Morgan fingerprint density at radius 1 is 1.19 bits per heavy atom. The number of hydrogen-bond acceptors (Lipinski definition) is 4. The number of imide groups is 1. The molecule has 0 aliphatic carbocycles. The van der Waals surface area contributed by atoms with Crippen LogP contribution in [0.2, 0.25) is 5.02 Å². The van der Waals surface area contributed by atoms with Crippen molar-refractivity contribution in [3.8, 4) is 0 Å². The normalized spacial score (nSPS) is 19.2. The van der Waals surface area contributed by atoms with E-state index in [0.29, 0.717) is 10.6 Å². The number of nitrogens with zero attached hydrogens (tertiary/aromatic N) is 2. The number of carbonyl (C=O) groups excluding carboxylic acids is 2. The standard InChI is InChI=1S/C24H22ClFN2O2S/c1-14-12-24(2,3)27(4)20-11-19(26)16(9-17(14)20)10-21-22(29)28(23(30)31-21)13-15-7-5-6-8-18(15)25/h5-12H,13H2,1-4H3/b21-10+. The van der Waals surface area contributed by atoms with Crippen molar-refractivity contribution >= 4 is 51.8 Å². The molecule has 0 unspecified atom stereocenters. The Morgan fingerprint density at radius 3 is 2.61 bits per heavy atom. The fraction of sp³-hybridized carbons (Fsp3) is 0.250. The Kier molecular flexibility index (Phi) is 5.48. The van der Waals surface area contributed by atoms with Crippen molar-refractivity contribution < 1.29 is 14.0 Å². The lowest BCUT2D eigenvalue weighted by atomic mass is 9.88. The van der Waals surface area contributed by atoms with Crippen LogP contribution in [-0.2, 0) is 11.3 Å². The van der Waals surface area contributed by atoms with E-state index in [-0.39, 0.29) is 22.6 Å². The van der Waals surface area contributed by atoms with Gasteiger partial charge < -0.3 is 4.90 Å². The summed E-state index contributed by atoms with van der Waals surface area (Å²) in [6.45, 7) is 6.21. The molecule has 1 fully saturated rings.